The van der Waals surface area contributed by atoms with Crippen molar-refractivity contribution >= 4 is 21.8 Å². The van der Waals surface area contributed by atoms with Crippen molar-refractivity contribution in [1.82, 2.24) is 19.5 Å². The van der Waals surface area contributed by atoms with E-state index in [9.17, 15) is 5.26 Å². The minimum atomic E-state index is 0.350. The molecule has 0 aliphatic heterocycles. The van der Waals surface area contributed by atoms with Crippen molar-refractivity contribution in [2.24, 2.45) is 0 Å². The Hall–Kier alpha value is -8.72. The highest BCUT2D eigenvalue weighted by Crippen LogP contribution is 2.48. The van der Waals surface area contributed by atoms with Gasteiger partial charge in [-0.05, 0) is 111 Å². The molecule has 9 aromatic carbocycles. The molecule has 2 aromatic heterocycles. The highest BCUT2D eigenvalue weighted by Gasteiger charge is 2.28. The number of hydrogen-bond acceptors (Lipinski definition) is 4. The fraction of sp³-hybridized carbons (Fsp3) is 0.0492. The van der Waals surface area contributed by atoms with Crippen LogP contribution in [-0.2, 0) is 6.42 Å². The zero-order chi connectivity index (χ0) is 44.0. The smallest absolute Gasteiger partial charge is 0.164 e. The van der Waals surface area contributed by atoms with Crippen LogP contribution in [0.25, 0.3) is 95.0 Å². The van der Waals surface area contributed by atoms with E-state index in [1.807, 2.05) is 72.8 Å². The van der Waals surface area contributed by atoms with Gasteiger partial charge in [-0.15, -0.1) is 0 Å². The van der Waals surface area contributed by atoms with E-state index in [4.69, 9.17) is 15.0 Å². The fourth-order valence-electron chi connectivity index (χ4n) is 9.91. The third-order valence-corrected chi connectivity index (χ3v) is 13.1. The molecule has 66 heavy (non-hydrogen) atoms. The molecule has 1 unspecified atom stereocenters. The van der Waals surface area contributed by atoms with Crippen LogP contribution in [0.4, 0.5) is 0 Å². The largest absolute Gasteiger partial charge is 0.309 e. The van der Waals surface area contributed by atoms with Crippen molar-refractivity contribution in [1.29, 1.82) is 5.26 Å². The second-order valence-corrected chi connectivity index (χ2v) is 17.0. The number of rotatable bonds is 9. The third-order valence-electron chi connectivity index (χ3n) is 13.1. The monoisotopic (exact) mass is 843 g/mol. The van der Waals surface area contributed by atoms with Gasteiger partial charge in [-0.1, -0.05) is 170 Å². The summed E-state index contributed by atoms with van der Waals surface area (Å²) < 4.78 is 2.36. The lowest BCUT2D eigenvalue weighted by Crippen LogP contribution is -2.00. The minimum Gasteiger partial charge on any atom is -0.309 e. The molecule has 5 heteroatoms. The van der Waals surface area contributed by atoms with E-state index in [0.29, 0.717) is 29.0 Å². The molecule has 0 saturated carbocycles. The lowest BCUT2D eigenvalue weighted by Gasteiger charge is -2.15. The molecule has 2 heterocycles. The molecule has 0 spiro atoms. The molecule has 1 aliphatic carbocycles. The SMILES string of the molecule is N#Cc1cc(-c2ccc3c4ccccc4n(-c4ccc(-c5ccc6c(c5)C(CCc5ccccc5)c5ccccc5-6)cc4)c3c2)cc(-c2nc(-c3ccccc3)nc(-c3ccccc3)n2)c1. The second-order valence-electron chi connectivity index (χ2n) is 17.0. The molecular weight excluding hydrogens is 803 g/mol. The van der Waals surface area contributed by atoms with Gasteiger partial charge in [-0.25, -0.2) is 15.0 Å². The van der Waals surface area contributed by atoms with Gasteiger partial charge >= 0.3 is 0 Å². The van der Waals surface area contributed by atoms with Crippen molar-refractivity contribution in [3.63, 3.8) is 0 Å². The molecule has 0 radical (unpaired) electrons. The van der Waals surface area contributed by atoms with Gasteiger partial charge < -0.3 is 4.57 Å². The Labute approximate surface area is 383 Å². The number of para-hydroxylation sites is 1. The number of aryl methyl sites for hydroxylation is 1. The number of benzene rings is 9. The van der Waals surface area contributed by atoms with Crippen LogP contribution in [0.1, 0.15) is 34.6 Å². The molecule has 12 rings (SSSR count). The number of hydrogen-bond donors (Lipinski definition) is 0. The molecule has 0 bridgehead atoms. The second kappa shape index (κ2) is 16.4. The maximum absolute atomic E-state index is 10.4. The summed E-state index contributed by atoms with van der Waals surface area (Å²) in [6, 6.07) is 79.2. The summed E-state index contributed by atoms with van der Waals surface area (Å²) >= 11 is 0. The van der Waals surface area contributed by atoms with Crippen LogP contribution in [0.5, 0.6) is 0 Å². The number of nitrogens with zero attached hydrogens (tertiary/aromatic N) is 5. The number of nitriles is 1. The minimum absolute atomic E-state index is 0.350. The van der Waals surface area contributed by atoms with Crippen molar-refractivity contribution in [3.8, 4) is 79.3 Å². The number of aromatic nitrogens is 4. The van der Waals surface area contributed by atoms with Gasteiger partial charge in [0.1, 0.15) is 0 Å². The van der Waals surface area contributed by atoms with Crippen LogP contribution in [-0.4, -0.2) is 19.5 Å². The summed E-state index contributed by atoms with van der Waals surface area (Å²) in [6.45, 7) is 0. The Balaban J connectivity index is 0.923. The van der Waals surface area contributed by atoms with Crippen molar-refractivity contribution < 1.29 is 0 Å². The lowest BCUT2D eigenvalue weighted by atomic mass is 9.89. The zero-order valence-electron chi connectivity index (χ0n) is 36.0. The Kier molecular flexibility index (Phi) is 9.69. The van der Waals surface area contributed by atoms with Crippen LogP contribution in [0.15, 0.2) is 218 Å². The molecule has 1 aliphatic rings. The molecule has 310 valence electrons. The third kappa shape index (κ3) is 7.02. The van der Waals surface area contributed by atoms with Crippen molar-refractivity contribution in [3.05, 3.63) is 241 Å². The van der Waals surface area contributed by atoms with Crippen LogP contribution in [0, 0.1) is 11.3 Å². The van der Waals surface area contributed by atoms with E-state index in [-0.39, 0.29) is 0 Å². The van der Waals surface area contributed by atoms with Gasteiger partial charge in [0.2, 0.25) is 0 Å². The van der Waals surface area contributed by atoms with Gasteiger partial charge in [-0.3, -0.25) is 0 Å². The molecule has 1 atom stereocenters. The highest BCUT2D eigenvalue weighted by atomic mass is 15.0. The predicted molar refractivity (Wildman–Crippen MR) is 268 cm³/mol. The summed E-state index contributed by atoms with van der Waals surface area (Å²) in [7, 11) is 0. The summed E-state index contributed by atoms with van der Waals surface area (Å²) in [4.78, 5) is 14.9. The number of fused-ring (bicyclic) bond motifs is 6. The molecular formula is C61H41N5. The Morgan fingerprint density at radius 3 is 1.70 bits per heavy atom. The maximum atomic E-state index is 10.4. The first-order valence-corrected chi connectivity index (χ1v) is 22.5. The van der Waals surface area contributed by atoms with Gasteiger partial charge in [0.15, 0.2) is 17.5 Å². The van der Waals surface area contributed by atoms with Crippen LogP contribution < -0.4 is 0 Å². The van der Waals surface area contributed by atoms with Gasteiger partial charge in [0.25, 0.3) is 0 Å². The van der Waals surface area contributed by atoms with Crippen LogP contribution >= 0.6 is 0 Å². The van der Waals surface area contributed by atoms with Crippen LogP contribution in [0.2, 0.25) is 0 Å². The maximum Gasteiger partial charge on any atom is 0.164 e. The summed E-state index contributed by atoms with van der Waals surface area (Å²) in [5.74, 6) is 2.00. The topological polar surface area (TPSA) is 67.4 Å². The summed E-state index contributed by atoms with van der Waals surface area (Å²) in [5.41, 5.74) is 17.6. The standard InChI is InChI=1S/C61H41N5/c62-39-41-34-47(36-48(35-41)61-64-59(43-16-6-2-7-17-43)63-60(65-61)44-18-8-3-9-19-44)46-28-33-55-54-22-12-13-23-57(54)66(58(55)38-46)49-29-25-42(26-30-49)45-27-32-53-51-21-11-10-20-50(51)52(56(53)37-45)31-24-40-14-4-1-5-15-40/h1-23,25-30,32-38,52H,24,31H2. The van der Waals surface area contributed by atoms with E-state index in [2.05, 4.69) is 156 Å². The van der Waals surface area contributed by atoms with Gasteiger partial charge in [-0.2, -0.15) is 5.26 Å². The van der Waals surface area contributed by atoms with Crippen molar-refractivity contribution in [2.45, 2.75) is 18.8 Å². The lowest BCUT2D eigenvalue weighted by molar-refractivity contribution is 0.730. The average Bonchev–Trinajstić information content (AvgIpc) is 3.90. The Morgan fingerprint density at radius 2 is 0.970 bits per heavy atom. The van der Waals surface area contributed by atoms with E-state index in [1.165, 1.54) is 44.3 Å². The molecule has 0 amide bonds. The normalized spacial score (nSPS) is 12.8. The van der Waals surface area contributed by atoms with E-state index in [1.54, 1.807) is 0 Å². The van der Waals surface area contributed by atoms with Gasteiger partial charge in [0.05, 0.1) is 22.7 Å². The first-order chi connectivity index (χ1) is 32.6. The molecule has 0 saturated heterocycles. The average molecular weight is 844 g/mol. The molecule has 11 aromatic rings. The quantitative estimate of drug-likeness (QED) is 0.145. The first kappa shape index (κ1) is 38.9. The Morgan fingerprint density at radius 1 is 0.409 bits per heavy atom. The Bertz CT molecular complexity index is 3590. The first-order valence-electron chi connectivity index (χ1n) is 22.5. The molecule has 0 N–H and O–H groups in total. The van der Waals surface area contributed by atoms with Gasteiger partial charge in [0, 0.05) is 39.1 Å². The van der Waals surface area contributed by atoms with Crippen LogP contribution in [0.3, 0.4) is 0 Å². The fourth-order valence-corrected chi connectivity index (χ4v) is 9.91. The van der Waals surface area contributed by atoms with E-state index in [0.717, 1.165) is 62.8 Å². The zero-order valence-corrected chi connectivity index (χ0v) is 36.0. The molecule has 0 fully saturated rings. The van der Waals surface area contributed by atoms with E-state index < -0.39 is 0 Å². The summed E-state index contributed by atoms with van der Waals surface area (Å²) in [5, 5.41) is 12.7. The van der Waals surface area contributed by atoms with Crippen molar-refractivity contribution in [2.75, 3.05) is 0 Å². The predicted octanol–water partition coefficient (Wildman–Crippen LogP) is 14.9. The summed E-state index contributed by atoms with van der Waals surface area (Å²) in [6.07, 6.45) is 2.10. The molecule has 5 nitrogen and oxygen atoms in total. The van der Waals surface area contributed by atoms with E-state index >= 15 is 0 Å². The highest BCUT2D eigenvalue weighted by molar-refractivity contribution is 6.10.